The Kier molecular flexibility index (Phi) is 13.8. The molecule has 0 radical (unpaired) electrons. The number of non-ortho nitro benzene ring substituents is 1. The molecule has 12 N–H and O–H groups in total. The van der Waals surface area contributed by atoms with Crippen molar-refractivity contribution in [2.75, 3.05) is 13.2 Å². The number of aliphatic hydroxyl groups is 11. The normalized spacial score (nSPS) is 45.0. The third kappa shape index (κ3) is 8.66. The average Bonchev–Trinajstić information content (AvgIpc) is 3.14. The summed E-state index contributed by atoms with van der Waals surface area (Å²) < 4.78 is 34.0. The Bertz CT molecular complexity index is 1390. The molecule has 4 aliphatic rings. The molecule has 3 saturated heterocycles. The fourth-order valence-electron chi connectivity index (χ4n) is 6.86. The van der Waals surface area contributed by atoms with Gasteiger partial charge in [0.05, 0.1) is 36.3 Å². The van der Waals surface area contributed by atoms with Crippen molar-refractivity contribution in [1.82, 2.24) is 5.32 Å². The number of nitrogens with one attached hydrogen (secondary N) is 1. The van der Waals surface area contributed by atoms with Gasteiger partial charge in [0.1, 0.15) is 85.1 Å². The summed E-state index contributed by atoms with van der Waals surface area (Å²) in [6, 6.07) is 2.76. The van der Waals surface area contributed by atoms with Crippen LogP contribution in [0.5, 0.6) is 5.75 Å². The highest BCUT2D eigenvalue weighted by molar-refractivity contribution is 5.36. The molecule has 0 saturated carbocycles. The number of aliphatic hydroxyl groups excluding tert-OH is 11. The Hall–Kier alpha value is -2.52. The van der Waals surface area contributed by atoms with Gasteiger partial charge in [0.2, 0.25) is 6.29 Å². The number of nitrogens with zero attached hydrogens (tertiary/aromatic N) is 1. The van der Waals surface area contributed by atoms with Gasteiger partial charge < -0.3 is 89.9 Å². The summed E-state index contributed by atoms with van der Waals surface area (Å²) in [5.41, 5.74) is 0.223. The SMILES string of the molecule is CCC1=CC(NC2C(C)OC(OC3C(CO)OC(OC4C(CO)OC(Oc5ccc([N+](=O)[O-])cc5)C(O)C4O)C(O)C3O)C(O)C2O)C(O)C(O)C1O. The zero-order chi connectivity index (χ0) is 38.9. The van der Waals surface area contributed by atoms with Gasteiger partial charge >= 0.3 is 0 Å². The van der Waals surface area contributed by atoms with Crippen LogP contribution in [0.1, 0.15) is 20.3 Å². The Morgan fingerprint density at radius 2 is 1.23 bits per heavy atom. The number of nitro benzene ring substituents is 1. The zero-order valence-electron chi connectivity index (χ0n) is 28.6. The van der Waals surface area contributed by atoms with Crippen LogP contribution in [-0.4, -0.2) is 191 Å². The molecule has 53 heavy (non-hydrogen) atoms. The van der Waals surface area contributed by atoms with Crippen LogP contribution in [0.25, 0.3) is 0 Å². The van der Waals surface area contributed by atoms with E-state index in [1.807, 2.05) is 0 Å². The van der Waals surface area contributed by atoms with Crippen molar-refractivity contribution < 1.29 is 89.5 Å². The quantitative estimate of drug-likeness (QED) is 0.0538. The van der Waals surface area contributed by atoms with Gasteiger partial charge in [-0.05, 0) is 31.1 Å². The first-order valence-corrected chi connectivity index (χ1v) is 17.1. The van der Waals surface area contributed by atoms with Gasteiger partial charge in [0.15, 0.2) is 12.6 Å². The molecule has 3 aliphatic heterocycles. The Morgan fingerprint density at radius 1 is 0.717 bits per heavy atom. The van der Waals surface area contributed by atoms with Crippen molar-refractivity contribution in [3.8, 4) is 5.75 Å². The number of hydrogen-bond acceptors (Lipinski definition) is 20. The van der Waals surface area contributed by atoms with E-state index >= 15 is 0 Å². The molecule has 19 atom stereocenters. The van der Waals surface area contributed by atoms with Crippen molar-refractivity contribution in [3.05, 3.63) is 46.0 Å². The Labute approximate surface area is 302 Å². The summed E-state index contributed by atoms with van der Waals surface area (Å²) in [7, 11) is 0. The fourth-order valence-corrected chi connectivity index (χ4v) is 6.86. The van der Waals surface area contributed by atoms with Gasteiger partial charge in [-0.3, -0.25) is 10.1 Å². The van der Waals surface area contributed by atoms with Gasteiger partial charge in [-0.25, -0.2) is 0 Å². The molecule has 1 aromatic carbocycles. The van der Waals surface area contributed by atoms with Crippen LogP contribution in [0.3, 0.4) is 0 Å². The maximum absolute atomic E-state index is 11.1. The monoisotopic (exact) mass is 764 g/mol. The minimum Gasteiger partial charge on any atom is -0.462 e. The second kappa shape index (κ2) is 17.5. The minimum atomic E-state index is -1.97. The molecule has 1 aromatic rings. The van der Waals surface area contributed by atoms with Crippen molar-refractivity contribution in [2.24, 2.45) is 0 Å². The molecular formula is C32H48N2O19. The van der Waals surface area contributed by atoms with Gasteiger partial charge in [-0.1, -0.05) is 13.0 Å². The van der Waals surface area contributed by atoms with Crippen molar-refractivity contribution in [2.45, 2.75) is 137 Å². The maximum atomic E-state index is 11.1. The maximum Gasteiger partial charge on any atom is 0.269 e. The number of benzene rings is 1. The Balaban J connectivity index is 1.21. The molecule has 0 spiro atoms. The van der Waals surface area contributed by atoms with E-state index in [1.165, 1.54) is 25.1 Å². The molecule has 19 unspecified atom stereocenters. The van der Waals surface area contributed by atoms with Gasteiger partial charge in [-0.15, -0.1) is 0 Å². The summed E-state index contributed by atoms with van der Waals surface area (Å²) in [5.74, 6) is 0.0287. The van der Waals surface area contributed by atoms with Crippen LogP contribution in [0.4, 0.5) is 5.69 Å². The van der Waals surface area contributed by atoms with Crippen molar-refractivity contribution >= 4 is 5.69 Å². The number of nitro groups is 1. The van der Waals surface area contributed by atoms with Crippen LogP contribution in [0, 0.1) is 10.1 Å². The highest BCUT2D eigenvalue weighted by Gasteiger charge is 2.54. The van der Waals surface area contributed by atoms with Crippen molar-refractivity contribution in [3.63, 3.8) is 0 Å². The van der Waals surface area contributed by atoms with Crippen LogP contribution < -0.4 is 10.1 Å². The molecule has 3 heterocycles. The molecular weight excluding hydrogens is 716 g/mol. The minimum absolute atomic E-state index is 0.0287. The largest absolute Gasteiger partial charge is 0.462 e. The molecule has 21 nitrogen and oxygen atoms in total. The molecule has 3 fully saturated rings. The summed E-state index contributed by atoms with van der Waals surface area (Å²) in [5, 5.41) is 131. The third-order valence-electron chi connectivity index (χ3n) is 9.98. The second-order valence-corrected chi connectivity index (χ2v) is 13.4. The predicted octanol–water partition coefficient (Wildman–Crippen LogP) is -5.15. The standard InChI is InChI=1S/C32H48N2O19/c1-3-12-8-15(20(38)22(40)19(12)37)33-18-11(2)48-30(25(43)21(18)39)52-28-17(10-36)51-32(27(45)24(28)42)53-29-16(9-35)50-31(26(44)23(29)41)49-14-6-4-13(5-7-14)34(46)47/h4-8,11,15-33,35-45H,3,9-10H2,1-2H3. The first-order valence-electron chi connectivity index (χ1n) is 17.1. The summed E-state index contributed by atoms with van der Waals surface area (Å²) in [4.78, 5) is 10.3. The van der Waals surface area contributed by atoms with Crippen molar-refractivity contribution in [1.29, 1.82) is 0 Å². The van der Waals surface area contributed by atoms with Gasteiger partial charge in [0.25, 0.3) is 5.69 Å². The van der Waals surface area contributed by atoms with Gasteiger partial charge in [0, 0.05) is 12.1 Å². The predicted molar refractivity (Wildman–Crippen MR) is 172 cm³/mol. The summed E-state index contributed by atoms with van der Waals surface area (Å²) in [6.07, 6.45) is -25.4. The van der Waals surface area contributed by atoms with Gasteiger partial charge in [-0.2, -0.15) is 0 Å². The number of rotatable bonds is 12. The molecule has 0 bridgehead atoms. The molecule has 5 rings (SSSR count). The molecule has 21 heteroatoms. The summed E-state index contributed by atoms with van der Waals surface area (Å²) >= 11 is 0. The van der Waals surface area contributed by atoms with E-state index in [2.05, 4.69) is 5.32 Å². The fraction of sp³-hybridized carbons (Fsp3) is 0.750. The first-order chi connectivity index (χ1) is 25.1. The van der Waals surface area contributed by atoms with Crippen LogP contribution in [0.2, 0.25) is 0 Å². The highest BCUT2D eigenvalue weighted by atomic mass is 16.8. The van der Waals surface area contributed by atoms with Crippen LogP contribution in [0.15, 0.2) is 35.9 Å². The number of ether oxygens (including phenoxy) is 6. The van der Waals surface area contributed by atoms with E-state index in [1.54, 1.807) is 6.92 Å². The topological polar surface area (TPSA) is 333 Å². The average molecular weight is 765 g/mol. The summed E-state index contributed by atoms with van der Waals surface area (Å²) in [6.45, 7) is 1.61. The Morgan fingerprint density at radius 3 is 1.75 bits per heavy atom. The lowest BCUT2D eigenvalue weighted by Gasteiger charge is -2.48. The zero-order valence-corrected chi connectivity index (χ0v) is 28.6. The van der Waals surface area contributed by atoms with E-state index < -0.39 is 135 Å². The lowest BCUT2D eigenvalue weighted by atomic mass is 9.85. The van der Waals surface area contributed by atoms with Crippen LogP contribution >= 0.6 is 0 Å². The second-order valence-electron chi connectivity index (χ2n) is 13.4. The van der Waals surface area contributed by atoms with E-state index in [0.717, 1.165) is 12.1 Å². The third-order valence-corrected chi connectivity index (χ3v) is 9.98. The smallest absolute Gasteiger partial charge is 0.269 e. The molecule has 1 aliphatic carbocycles. The lowest BCUT2D eigenvalue weighted by molar-refractivity contribution is -0.384. The molecule has 300 valence electrons. The number of hydrogen-bond donors (Lipinski definition) is 12. The van der Waals surface area contributed by atoms with E-state index in [0.29, 0.717) is 12.0 Å². The van der Waals surface area contributed by atoms with E-state index in [9.17, 15) is 66.3 Å². The molecule has 0 aromatic heterocycles. The molecule has 0 amide bonds. The highest BCUT2D eigenvalue weighted by Crippen LogP contribution is 2.34. The lowest BCUT2D eigenvalue weighted by Crippen LogP contribution is -2.68. The van der Waals surface area contributed by atoms with E-state index in [-0.39, 0.29) is 11.4 Å². The van der Waals surface area contributed by atoms with Crippen LogP contribution in [-0.2, 0) is 23.7 Å². The van der Waals surface area contributed by atoms with E-state index in [4.69, 9.17) is 28.4 Å². The first kappa shape index (κ1) is 41.6.